The fourth-order valence-corrected chi connectivity index (χ4v) is 1.62. The van der Waals surface area contributed by atoms with Crippen LogP contribution in [0.3, 0.4) is 0 Å². The van der Waals surface area contributed by atoms with Crippen LogP contribution in [-0.2, 0) is 0 Å². The minimum absolute atomic E-state index is 0.0906. The molecule has 0 amide bonds. The Labute approximate surface area is 83.9 Å². The van der Waals surface area contributed by atoms with Gasteiger partial charge in [-0.1, -0.05) is 6.07 Å². The second-order valence-electron chi connectivity index (χ2n) is 3.77. The quantitative estimate of drug-likeness (QED) is 0.736. The number of nitrogens with two attached hydrogens (primary N) is 1. The molecular formula is C10H8F2N2O. The Kier molecular flexibility index (Phi) is 1.43. The maximum atomic E-state index is 12.8. The molecule has 1 aliphatic rings. The number of nitrogens with zero attached hydrogens (tertiary/aromatic N) is 1. The van der Waals surface area contributed by atoms with Crippen molar-refractivity contribution in [3.05, 3.63) is 24.1 Å². The van der Waals surface area contributed by atoms with Gasteiger partial charge >= 0.3 is 0 Å². The summed E-state index contributed by atoms with van der Waals surface area (Å²) < 4.78 is 30.8. The van der Waals surface area contributed by atoms with Crippen molar-refractivity contribution in [3.8, 4) is 0 Å². The highest BCUT2D eigenvalue weighted by Crippen LogP contribution is 2.55. The molecule has 0 aliphatic heterocycles. The molecule has 0 saturated heterocycles. The third-order valence-corrected chi connectivity index (χ3v) is 2.59. The molecule has 1 unspecified atom stereocenters. The lowest BCUT2D eigenvalue weighted by molar-refractivity contribution is 0.108. The Morgan fingerprint density at radius 2 is 2.20 bits per heavy atom. The number of oxazole rings is 1. The summed E-state index contributed by atoms with van der Waals surface area (Å²) in [5.74, 6) is -3.44. The summed E-state index contributed by atoms with van der Waals surface area (Å²) >= 11 is 0. The van der Waals surface area contributed by atoms with Crippen molar-refractivity contribution in [1.82, 2.24) is 4.98 Å². The van der Waals surface area contributed by atoms with Crippen LogP contribution >= 0.6 is 0 Å². The van der Waals surface area contributed by atoms with Crippen molar-refractivity contribution in [2.45, 2.75) is 18.3 Å². The Bertz CT molecular complexity index is 535. The van der Waals surface area contributed by atoms with Crippen molar-refractivity contribution in [3.63, 3.8) is 0 Å². The molecule has 3 nitrogen and oxygen atoms in total. The number of alkyl halides is 2. The van der Waals surface area contributed by atoms with Crippen LogP contribution in [0.15, 0.2) is 22.6 Å². The number of hydrogen-bond donors (Lipinski definition) is 1. The van der Waals surface area contributed by atoms with E-state index in [4.69, 9.17) is 10.2 Å². The summed E-state index contributed by atoms with van der Waals surface area (Å²) in [6.07, 6.45) is -0.181. The predicted molar refractivity (Wildman–Crippen MR) is 50.7 cm³/mol. The summed E-state index contributed by atoms with van der Waals surface area (Å²) in [4.78, 5) is 4.00. The maximum Gasteiger partial charge on any atom is 0.260 e. The first-order chi connectivity index (χ1) is 7.08. The Morgan fingerprint density at radius 1 is 1.47 bits per heavy atom. The molecule has 1 aromatic carbocycles. The van der Waals surface area contributed by atoms with Crippen LogP contribution in [0.5, 0.6) is 0 Å². The number of fused-ring (bicyclic) bond motifs is 1. The van der Waals surface area contributed by atoms with Crippen molar-refractivity contribution in [1.29, 1.82) is 0 Å². The lowest BCUT2D eigenvalue weighted by Crippen LogP contribution is -1.92. The number of halogens is 2. The van der Waals surface area contributed by atoms with Crippen LogP contribution in [0.1, 0.15) is 18.2 Å². The summed E-state index contributed by atoms with van der Waals surface area (Å²) in [6.45, 7) is 0. The van der Waals surface area contributed by atoms with Gasteiger partial charge in [0, 0.05) is 6.42 Å². The van der Waals surface area contributed by atoms with Gasteiger partial charge in [0.05, 0.1) is 5.69 Å². The fourth-order valence-electron chi connectivity index (χ4n) is 1.62. The minimum Gasteiger partial charge on any atom is -0.438 e. The van der Waals surface area contributed by atoms with Gasteiger partial charge in [0.15, 0.2) is 5.58 Å². The summed E-state index contributed by atoms with van der Waals surface area (Å²) in [5.41, 5.74) is 7.00. The van der Waals surface area contributed by atoms with E-state index in [9.17, 15) is 8.78 Å². The summed E-state index contributed by atoms with van der Waals surface area (Å²) in [5, 5.41) is 0. The fraction of sp³-hybridized carbons (Fsp3) is 0.300. The van der Waals surface area contributed by atoms with Crippen molar-refractivity contribution in [2.75, 3.05) is 5.73 Å². The third-order valence-electron chi connectivity index (χ3n) is 2.59. The largest absolute Gasteiger partial charge is 0.438 e. The van der Waals surface area contributed by atoms with E-state index in [2.05, 4.69) is 4.98 Å². The normalized spacial score (nSPS) is 23.2. The SMILES string of the molecule is Nc1cccc2nc(C3CC3(F)F)oc12. The van der Waals surface area contributed by atoms with Crippen LogP contribution < -0.4 is 5.73 Å². The molecule has 0 spiro atoms. The number of benzene rings is 1. The van der Waals surface area contributed by atoms with E-state index >= 15 is 0 Å². The molecule has 1 aliphatic carbocycles. The first-order valence-corrected chi connectivity index (χ1v) is 4.61. The molecule has 0 bridgehead atoms. The van der Waals surface area contributed by atoms with E-state index in [1.54, 1.807) is 18.2 Å². The van der Waals surface area contributed by atoms with Crippen molar-refractivity contribution >= 4 is 16.8 Å². The molecule has 2 aromatic rings. The minimum atomic E-state index is -2.66. The van der Waals surface area contributed by atoms with Gasteiger partial charge in [-0.2, -0.15) is 0 Å². The maximum absolute atomic E-state index is 12.8. The molecule has 1 heterocycles. The first kappa shape index (κ1) is 8.64. The van der Waals surface area contributed by atoms with E-state index in [0.717, 1.165) is 0 Å². The molecule has 3 rings (SSSR count). The van der Waals surface area contributed by atoms with Crippen LogP contribution in [-0.4, -0.2) is 10.9 Å². The lowest BCUT2D eigenvalue weighted by atomic mass is 10.3. The van der Waals surface area contributed by atoms with Gasteiger partial charge in [-0.3, -0.25) is 0 Å². The number of hydrogen-bond acceptors (Lipinski definition) is 3. The van der Waals surface area contributed by atoms with Crippen LogP contribution in [0.2, 0.25) is 0 Å². The van der Waals surface area contributed by atoms with Gasteiger partial charge in [0.1, 0.15) is 11.4 Å². The van der Waals surface area contributed by atoms with Gasteiger partial charge in [0.2, 0.25) is 5.89 Å². The highest BCUT2D eigenvalue weighted by Gasteiger charge is 2.60. The second kappa shape index (κ2) is 2.48. The number of rotatable bonds is 1. The smallest absolute Gasteiger partial charge is 0.260 e. The Morgan fingerprint density at radius 3 is 2.80 bits per heavy atom. The van der Waals surface area contributed by atoms with E-state index in [1.165, 1.54) is 0 Å². The van der Waals surface area contributed by atoms with Gasteiger partial charge in [-0.15, -0.1) is 0 Å². The number of para-hydroxylation sites is 1. The van der Waals surface area contributed by atoms with E-state index in [1.807, 2.05) is 0 Å². The van der Waals surface area contributed by atoms with Crippen molar-refractivity contribution < 1.29 is 13.2 Å². The van der Waals surface area contributed by atoms with Gasteiger partial charge in [-0.05, 0) is 12.1 Å². The highest BCUT2D eigenvalue weighted by atomic mass is 19.3. The topological polar surface area (TPSA) is 52.0 Å². The summed E-state index contributed by atoms with van der Waals surface area (Å²) in [7, 11) is 0. The zero-order chi connectivity index (χ0) is 10.6. The Hall–Kier alpha value is -1.65. The molecule has 5 heteroatoms. The van der Waals surface area contributed by atoms with E-state index in [-0.39, 0.29) is 12.3 Å². The first-order valence-electron chi connectivity index (χ1n) is 4.61. The predicted octanol–water partition coefficient (Wildman–Crippen LogP) is 2.53. The number of nitrogen functional groups attached to an aromatic ring is 1. The molecular weight excluding hydrogens is 202 g/mol. The van der Waals surface area contributed by atoms with E-state index in [0.29, 0.717) is 16.8 Å². The van der Waals surface area contributed by atoms with Crippen molar-refractivity contribution in [2.24, 2.45) is 0 Å². The van der Waals surface area contributed by atoms with Gasteiger partial charge in [0.25, 0.3) is 5.92 Å². The van der Waals surface area contributed by atoms with E-state index < -0.39 is 11.8 Å². The highest BCUT2D eigenvalue weighted by molar-refractivity contribution is 5.84. The van der Waals surface area contributed by atoms with Crippen LogP contribution in [0.4, 0.5) is 14.5 Å². The average molecular weight is 210 g/mol. The molecule has 1 fully saturated rings. The molecule has 1 atom stereocenters. The molecule has 78 valence electrons. The van der Waals surface area contributed by atoms with Gasteiger partial charge in [-0.25, -0.2) is 13.8 Å². The average Bonchev–Trinajstić information content (AvgIpc) is 2.62. The zero-order valence-electron chi connectivity index (χ0n) is 7.71. The zero-order valence-corrected chi connectivity index (χ0v) is 7.71. The molecule has 0 radical (unpaired) electrons. The number of aromatic nitrogens is 1. The summed E-state index contributed by atoms with van der Waals surface area (Å²) in [6, 6.07) is 5.07. The molecule has 2 N–H and O–H groups in total. The van der Waals surface area contributed by atoms with Crippen LogP contribution in [0, 0.1) is 0 Å². The third kappa shape index (κ3) is 1.19. The molecule has 1 aromatic heterocycles. The standard InChI is InChI=1S/C10H8F2N2O/c11-10(12)4-5(10)9-14-7-3-1-2-6(13)8(7)15-9/h1-3,5H,4,13H2. The number of anilines is 1. The monoisotopic (exact) mass is 210 g/mol. The lowest BCUT2D eigenvalue weighted by Gasteiger charge is -1.91. The van der Waals surface area contributed by atoms with Gasteiger partial charge < -0.3 is 10.2 Å². The van der Waals surface area contributed by atoms with Crippen LogP contribution in [0.25, 0.3) is 11.1 Å². The molecule has 1 saturated carbocycles. The second-order valence-corrected chi connectivity index (χ2v) is 3.77. The molecule has 15 heavy (non-hydrogen) atoms. The Balaban J connectivity index is 2.12.